The number of rotatable bonds is 5. The Hall–Kier alpha value is -1.95. The molecule has 3 rings (SSSR count). The summed E-state index contributed by atoms with van der Waals surface area (Å²) in [5, 5.41) is 10.0. The van der Waals surface area contributed by atoms with Crippen LogP contribution in [0, 0.1) is 11.8 Å². The monoisotopic (exact) mass is 362 g/mol. The van der Waals surface area contributed by atoms with E-state index in [9.17, 15) is 9.90 Å². The SMILES string of the molecule is COc1cc(C(=O)N(C)C2C[C@H]3CC(N(C)C)C[C@H]3C2)cc(OC)c1O. The van der Waals surface area contributed by atoms with Gasteiger partial charge in [-0.2, -0.15) is 0 Å². The van der Waals surface area contributed by atoms with E-state index in [-0.39, 0.29) is 29.2 Å². The zero-order chi connectivity index (χ0) is 19.0. The molecular formula is C20H30N2O4. The van der Waals surface area contributed by atoms with Crippen molar-refractivity contribution >= 4 is 5.91 Å². The van der Waals surface area contributed by atoms with Gasteiger partial charge in [0.2, 0.25) is 5.75 Å². The Balaban J connectivity index is 1.72. The molecule has 0 radical (unpaired) electrons. The van der Waals surface area contributed by atoms with Gasteiger partial charge in [0.15, 0.2) is 11.5 Å². The number of fused-ring (bicyclic) bond motifs is 1. The number of phenolic OH excluding ortho intramolecular Hbond substituents is 1. The van der Waals surface area contributed by atoms with Gasteiger partial charge in [-0.1, -0.05) is 0 Å². The standard InChI is InChI=1S/C20H30N2O4/c1-21(2)15-6-12-8-16(9-13(12)7-15)22(3)20(24)14-10-17(25-4)19(23)18(11-14)26-5/h10-13,15-16,23H,6-9H2,1-5H3/t12-,13+,15?,16?. The van der Waals surface area contributed by atoms with E-state index in [1.54, 1.807) is 12.1 Å². The molecule has 6 heteroatoms. The molecule has 0 saturated heterocycles. The molecule has 4 atom stereocenters. The van der Waals surface area contributed by atoms with Crippen LogP contribution >= 0.6 is 0 Å². The molecule has 0 aromatic heterocycles. The Morgan fingerprint density at radius 2 is 1.42 bits per heavy atom. The molecule has 1 aromatic rings. The Labute approximate surface area is 155 Å². The van der Waals surface area contributed by atoms with Crippen LogP contribution in [-0.4, -0.2) is 68.3 Å². The summed E-state index contributed by atoms with van der Waals surface area (Å²) in [6, 6.07) is 4.10. The predicted octanol–water partition coefficient (Wildman–Crippen LogP) is 2.60. The van der Waals surface area contributed by atoms with Crippen molar-refractivity contribution in [1.29, 1.82) is 0 Å². The summed E-state index contributed by atoms with van der Waals surface area (Å²) >= 11 is 0. The summed E-state index contributed by atoms with van der Waals surface area (Å²) in [6.07, 6.45) is 4.61. The van der Waals surface area contributed by atoms with Crippen LogP contribution in [0.15, 0.2) is 12.1 Å². The number of carbonyl (C=O) groups excluding carboxylic acids is 1. The van der Waals surface area contributed by atoms with Gasteiger partial charge in [0, 0.05) is 24.7 Å². The van der Waals surface area contributed by atoms with E-state index in [0.29, 0.717) is 23.4 Å². The highest BCUT2D eigenvalue weighted by Gasteiger charge is 2.44. The molecule has 2 aliphatic carbocycles. The second-order valence-electron chi connectivity index (χ2n) is 7.88. The molecule has 0 bridgehead atoms. The average molecular weight is 362 g/mol. The van der Waals surface area contributed by atoms with Crippen LogP contribution in [0.2, 0.25) is 0 Å². The van der Waals surface area contributed by atoms with Crippen molar-refractivity contribution in [2.75, 3.05) is 35.4 Å². The zero-order valence-corrected chi connectivity index (χ0v) is 16.4. The second-order valence-corrected chi connectivity index (χ2v) is 7.88. The number of carbonyl (C=O) groups is 1. The number of benzene rings is 1. The van der Waals surface area contributed by atoms with Gasteiger partial charge in [0.25, 0.3) is 5.91 Å². The first-order valence-corrected chi connectivity index (χ1v) is 9.24. The molecule has 0 spiro atoms. The first kappa shape index (κ1) is 18.8. The van der Waals surface area contributed by atoms with Crippen molar-refractivity contribution in [1.82, 2.24) is 9.80 Å². The fourth-order valence-corrected chi connectivity index (χ4v) is 4.68. The van der Waals surface area contributed by atoms with Gasteiger partial charge in [-0.15, -0.1) is 0 Å². The molecule has 0 aliphatic heterocycles. The van der Waals surface area contributed by atoms with E-state index in [2.05, 4.69) is 19.0 Å². The number of hydrogen-bond donors (Lipinski definition) is 1. The lowest BCUT2D eigenvalue weighted by Crippen LogP contribution is -2.36. The minimum atomic E-state index is -0.0840. The van der Waals surface area contributed by atoms with Crippen LogP contribution in [0.4, 0.5) is 0 Å². The topological polar surface area (TPSA) is 62.2 Å². The summed E-state index contributed by atoms with van der Waals surface area (Å²) in [7, 11) is 9.12. The molecular weight excluding hydrogens is 332 g/mol. The highest BCUT2D eigenvalue weighted by molar-refractivity contribution is 5.95. The molecule has 2 aliphatic rings. The third kappa shape index (κ3) is 3.34. The maximum atomic E-state index is 13.0. The molecule has 2 fully saturated rings. The maximum Gasteiger partial charge on any atom is 0.254 e. The highest BCUT2D eigenvalue weighted by atomic mass is 16.5. The summed E-state index contributed by atoms with van der Waals surface area (Å²) in [4.78, 5) is 17.2. The molecule has 2 unspecified atom stereocenters. The van der Waals surface area contributed by atoms with Gasteiger partial charge < -0.3 is 24.4 Å². The van der Waals surface area contributed by atoms with Crippen molar-refractivity contribution in [2.45, 2.75) is 37.8 Å². The number of amides is 1. The Morgan fingerprint density at radius 3 is 1.85 bits per heavy atom. The van der Waals surface area contributed by atoms with Crippen molar-refractivity contribution in [3.05, 3.63) is 17.7 Å². The van der Waals surface area contributed by atoms with E-state index in [1.807, 2.05) is 11.9 Å². The van der Waals surface area contributed by atoms with Gasteiger partial charge in [-0.25, -0.2) is 0 Å². The fourth-order valence-electron chi connectivity index (χ4n) is 4.68. The second kappa shape index (κ2) is 7.35. The fraction of sp³-hybridized carbons (Fsp3) is 0.650. The Morgan fingerprint density at radius 1 is 0.962 bits per heavy atom. The number of nitrogens with zero attached hydrogens (tertiary/aromatic N) is 2. The summed E-state index contributed by atoms with van der Waals surface area (Å²) in [5.74, 6) is 1.78. The lowest BCUT2D eigenvalue weighted by molar-refractivity contribution is 0.0725. The van der Waals surface area contributed by atoms with Crippen LogP contribution < -0.4 is 9.47 Å². The Bertz CT molecular complexity index is 637. The minimum Gasteiger partial charge on any atom is -0.502 e. The van der Waals surface area contributed by atoms with Crippen molar-refractivity contribution in [2.24, 2.45) is 11.8 Å². The molecule has 26 heavy (non-hydrogen) atoms. The third-order valence-corrected chi connectivity index (χ3v) is 6.29. The number of phenols is 1. The van der Waals surface area contributed by atoms with Crippen molar-refractivity contribution in [3.8, 4) is 17.2 Å². The molecule has 0 heterocycles. The third-order valence-electron chi connectivity index (χ3n) is 6.29. The van der Waals surface area contributed by atoms with Crippen LogP contribution in [0.3, 0.4) is 0 Å². The normalized spacial score (nSPS) is 27.5. The molecule has 1 amide bonds. The van der Waals surface area contributed by atoms with Gasteiger partial charge in [-0.3, -0.25) is 4.79 Å². The van der Waals surface area contributed by atoms with E-state index >= 15 is 0 Å². The number of ether oxygens (including phenoxy) is 2. The van der Waals surface area contributed by atoms with Crippen LogP contribution in [0.5, 0.6) is 17.2 Å². The maximum absolute atomic E-state index is 13.0. The number of hydrogen-bond acceptors (Lipinski definition) is 5. The van der Waals surface area contributed by atoms with Gasteiger partial charge >= 0.3 is 0 Å². The first-order valence-electron chi connectivity index (χ1n) is 9.24. The number of methoxy groups -OCH3 is 2. The lowest BCUT2D eigenvalue weighted by atomic mass is 10.0. The van der Waals surface area contributed by atoms with E-state index in [1.165, 1.54) is 27.1 Å². The minimum absolute atomic E-state index is 0.0595. The van der Waals surface area contributed by atoms with Gasteiger partial charge in [-0.05, 0) is 63.7 Å². The summed E-state index contributed by atoms with van der Waals surface area (Å²) in [5.41, 5.74) is 0.474. The van der Waals surface area contributed by atoms with Gasteiger partial charge in [0.1, 0.15) is 0 Å². The quantitative estimate of drug-likeness (QED) is 0.872. The van der Waals surface area contributed by atoms with Crippen molar-refractivity contribution < 1.29 is 19.4 Å². The zero-order valence-electron chi connectivity index (χ0n) is 16.4. The van der Waals surface area contributed by atoms with Crippen LogP contribution in [-0.2, 0) is 0 Å². The Kier molecular flexibility index (Phi) is 5.32. The molecule has 6 nitrogen and oxygen atoms in total. The molecule has 2 saturated carbocycles. The van der Waals surface area contributed by atoms with Crippen LogP contribution in [0.1, 0.15) is 36.0 Å². The van der Waals surface area contributed by atoms with E-state index in [4.69, 9.17) is 9.47 Å². The molecule has 144 valence electrons. The number of aromatic hydroxyl groups is 1. The van der Waals surface area contributed by atoms with E-state index < -0.39 is 0 Å². The lowest BCUT2D eigenvalue weighted by Gasteiger charge is -2.27. The van der Waals surface area contributed by atoms with Crippen LogP contribution in [0.25, 0.3) is 0 Å². The molecule has 1 N–H and O–H groups in total. The summed E-state index contributed by atoms with van der Waals surface area (Å²) < 4.78 is 10.3. The molecule has 1 aromatic carbocycles. The first-order chi connectivity index (χ1) is 12.3. The van der Waals surface area contributed by atoms with Gasteiger partial charge in [0.05, 0.1) is 14.2 Å². The smallest absolute Gasteiger partial charge is 0.254 e. The predicted molar refractivity (Wildman–Crippen MR) is 100 cm³/mol. The van der Waals surface area contributed by atoms with E-state index in [0.717, 1.165) is 12.8 Å². The largest absolute Gasteiger partial charge is 0.502 e. The van der Waals surface area contributed by atoms with Crippen molar-refractivity contribution in [3.63, 3.8) is 0 Å². The highest BCUT2D eigenvalue weighted by Crippen LogP contribution is 2.47. The average Bonchev–Trinajstić information content (AvgIpc) is 3.19. The summed E-state index contributed by atoms with van der Waals surface area (Å²) in [6.45, 7) is 0.